The molecular formula is C13H16N2O3. The highest BCUT2D eigenvalue weighted by Gasteiger charge is 2.54. The summed E-state index contributed by atoms with van der Waals surface area (Å²) < 4.78 is 16.9. The zero-order valence-electron chi connectivity index (χ0n) is 10.4. The number of benzene rings is 1. The van der Waals surface area contributed by atoms with Gasteiger partial charge in [-0.1, -0.05) is 19.1 Å². The van der Waals surface area contributed by atoms with E-state index in [1.54, 1.807) is 0 Å². The minimum Gasteiger partial charge on any atom is -0.493 e. The highest BCUT2D eigenvalue weighted by atomic mass is 16.9. The number of rotatable bonds is 3. The molecule has 0 radical (unpaired) electrons. The second-order valence-electron chi connectivity index (χ2n) is 4.45. The molecule has 3 rings (SSSR count). The maximum atomic E-state index is 8.01. The molecule has 0 bridgehead atoms. The van der Waals surface area contributed by atoms with E-state index in [0.717, 1.165) is 17.5 Å². The highest BCUT2D eigenvalue weighted by molar-refractivity contribution is 6.03. The van der Waals surface area contributed by atoms with E-state index in [0.29, 0.717) is 12.4 Å². The molecule has 1 saturated heterocycles. The van der Waals surface area contributed by atoms with E-state index in [1.807, 2.05) is 32.0 Å². The molecule has 1 aromatic rings. The van der Waals surface area contributed by atoms with E-state index in [2.05, 4.69) is 5.32 Å². The summed E-state index contributed by atoms with van der Waals surface area (Å²) in [5.74, 6) is 0.0105. The van der Waals surface area contributed by atoms with Crippen LogP contribution in [0.25, 0.3) is 0 Å². The third kappa shape index (κ3) is 1.51. The molecule has 0 aliphatic carbocycles. The first-order valence-corrected chi connectivity index (χ1v) is 6.15. The van der Waals surface area contributed by atoms with Gasteiger partial charge in [0.1, 0.15) is 11.6 Å². The molecule has 0 amide bonds. The van der Waals surface area contributed by atoms with Crippen molar-refractivity contribution in [2.45, 2.75) is 32.5 Å². The summed E-state index contributed by atoms with van der Waals surface area (Å²) in [4.78, 5) is 0. The second-order valence-corrected chi connectivity index (χ2v) is 4.45. The van der Waals surface area contributed by atoms with Gasteiger partial charge in [0.25, 0.3) is 5.91 Å². The molecule has 2 aliphatic heterocycles. The van der Waals surface area contributed by atoms with Crippen LogP contribution in [0, 0.1) is 5.41 Å². The number of hydrogen-bond donors (Lipinski definition) is 2. The van der Waals surface area contributed by atoms with Gasteiger partial charge in [0.05, 0.1) is 12.2 Å². The van der Waals surface area contributed by atoms with Gasteiger partial charge >= 0.3 is 0 Å². The van der Waals surface area contributed by atoms with Crippen LogP contribution in [0.1, 0.15) is 31.4 Å². The summed E-state index contributed by atoms with van der Waals surface area (Å²) in [5.41, 5.74) is 1.55. The average Bonchev–Trinajstić information content (AvgIpc) is 2.61. The fourth-order valence-corrected chi connectivity index (χ4v) is 2.35. The van der Waals surface area contributed by atoms with E-state index in [4.69, 9.17) is 19.6 Å². The summed E-state index contributed by atoms with van der Waals surface area (Å²) in [5, 5.41) is 11.0. The lowest BCUT2D eigenvalue weighted by Crippen LogP contribution is -2.57. The average molecular weight is 248 g/mol. The Hall–Kier alpha value is -1.59. The Balaban J connectivity index is 1.99. The zero-order chi connectivity index (χ0) is 12.8. The van der Waals surface area contributed by atoms with Gasteiger partial charge < -0.3 is 10.1 Å². The van der Waals surface area contributed by atoms with Crippen LogP contribution in [0.4, 0.5) is 0 Å². The second kappa shape index (κ2) is 3.96. The van der Waals surface area contributed by atoms with Crippen LogP contribution in [0.5, 0.6) is 5.75 Å². The summed E-state index contributed by atoms with van der Waals surface area (Å²) in [6.45, 7) is 4.51. The van der Waals surface area contributed by atoms with Crippen molar-refractivity contribution in [1.82, 2.24) is 5.32 Å². The number of nitrogens with one attached hydrogen (secondary N) is 2. The lowest BCUT2D eigenvalue weighted by molar-refractivity contribution is -0.461. The van der Waals surface area contributed by atoms with E-state index in [9.17, 15) is 0 Å². The van der Waals surface area contributed by atoms with Crippen molar-refractivity contribution in [3.8, 4) is 5.75 Å². The van der Waals surface area contributed by atoms with E-state index < -0.39 is 5.91 Å². The van der Waals surface area contributed by atoms with Gasteiger partial charge in [0.15, 0.2) is 6.29 Å². The van der Waals surface area contributed by atoms with E-state index in [-0.39, 0.29) is 12.1 Å². The standard InChI is InChI=1S/C13H16N2O3/c1-3-7-16-10-6-4-5-9-11(10)12(14)15-13(9)17-8(2)18-13/h4-6,8H,3,7H2,1-2H3,(H2,14,15). The van der Waals surface area contributed by atoms with Crippen molar-refractivity contribution in [3.05, 3.63) is 29.3 Å². The molecule has 2 heterocycles. The summed E-state index contributed by atoms with van der Waals surface area (Å²) in [7, 11) is 0. The molecule has 2 aliphatic rings. The maximum absolute atomic E-state index is 8.01. The monoisotopic (exact) mass is 248 g/mol. The normalized spacial score (nSPS) is 28.8. The molecule has 1 aromatic carbocycles. The minimum atomic E-state index is -0.975. The minimum absolute atomic E-state index is 0.253. The lowest BCUT2D eigenvalue weighted by Gasteiger charge is -2.43. The number of amidine groups is 1. The van der Waals surface area contributed by atoms with Crippen LogP contribution < -0.4 is 10.1 Å². The van der Waals surface area contributed by atoms with Crippen molar-refractivity contribution in [2.24, 2.45) is 0 Å². The van der Waals surface area contributed by atoms with Gasteiger partial charge in [-0.2, -0.15) is 0 Å². The number of hydrogen-bond acceptors (Lipinski definition) is 4. The summed E-state index contributed by atoms with van der Waals surface area (Å²) >= 11 is 0. The number of fused-ring (bicyclic) bond motifs is 2. The Kier molecular flexibility index (Phi) is 2.53. The molecule has 0 aromatic heterocycles. The molecule has 2 N–H and O–H groups in total. The zero-order valence-corrected chi connectivity index (χ0v) is 10.4. The van der Waals surface area contributed by atoms with Gasteiger partial charge in [-0.25, -0.2) is 0 Å². The molecule has 96 valence electrons. The molecule has 18 heavy (non-hydrogen) atoms. The van der Waals surface area contributed by atoms with E-state index in [1.165, 1.54) is 0 Å². The van der Waals surface area contributed by atoms with Gasteiger partial charge in [0.2, 0.25) is 0 Å². The number of ether oxygens (including phenoxy) is 3. The third-order valence-electron chi connectivity index (χ3n) is 3.05. The maximum Gasteiger partial charge on any atom is 0.284 e. The van der Waals surface area contributed by atoms with Crippen LogP contribution in [-0.2, 0) is 15.4 Å². The summed E-state index contributed by atoms with van der Waals surface area (Å²) in [6, 6.07) is 5.65. The van der Waals surface area contributed by atoms with Crippen LogP contribution in [0.2, 0.25) is 0 Å². The first-order chi connectivity index (χ1) is 8.66. The van der Waals surface area contributed by atoms with Crippen LogP contribution in [0.15, 0.2) is 18.2 Å². The molecule has 1 fully saturated rings. The largest absolute Gasteiger partial charge is 0.493 e. The predicted molar refractivity (Wildman–Crippen MR) is 65.5 cm³/mol. The van der Waals surface area contributed by atoms with E-state index >= 15 is 0 Å². The Labute approximate surface area is 106 Å². The predicted octanol–water partition coefficient (Wildman–Crippen LogP) is 1.91. The van der Waals surface area contributed by atoms with Gasteiger partial charge in [-0.3, -0.25) is 14.9 Å². The fraction of sp³-hybridized carbons (Fsp3) is 0.462. The van der Waals surface area contributed by atoms with Crippen LogP contribution in [0.3, 0.4) is 0 Å². The Morgan fingerprint density at radius 2 is 2.22 bits per heavy atom. The fourth-order valence-electron chi connectivity index (χ4n) is 2.35. The molecule has 5 nitrogen and oxygen atoms in total. The lowest BCUT2D eigenvalue weighted by atomic mass is 10.1. The highest BCUT2D eigenvalue weighted by Crippen LogP contribution is 2.44. The van der Waals surface area contributed by atoms with Gasteiger partial charge in [-0.15, -0.1) is 0 Å². The Morgan fingerprint density at radius 1 is 1.44 bits per heavy atom. The molecule has 5 heteroatoms. The molecule has 0 unspecified atom stereocenters. The summed E-state index contributed by atoms with van der Waals surface area (Å²) in [6.07, 6.45) is 0.677. The van der Waals surface area contributed by atoms with Crippen LogP contribution in [-0.4, -0.2) is 18.7 Å². The first kappa shape index (κ1) is 11.5. The molecule has 0 saturated carbocycles. The van der Waals surface area contributed by atoms with Gasteiger partial charge in [0, 0.05) is 5.56 Å². The quantitative estimate of drug-likeness (QED) is 0.857. The SMILES string of the molecule is CCCOc1cccc2c1C(=N)NC21OC(C)O1. The molecule has 0 atom stereocenters. The Morgan fingerprint density at radius 3 is 2.89 bits per heavy atom. The molecule has 1 spiro atoms. The van der Waals surface area contributed by atoms with Crippen molar-refractivity contribution in [3.63, 3.8) is 0 Å². The van der Waals surface area contributed by atoms with Crippen LogP contribution >= 0.6 is 0 Å². The third-order valence-corrected chi connectivity index (χ3v) is 3.05. The first-order valence-electron chi connectivity index (χ1n) is 6.15. The smallest absolute Gasteiger partial charge is 0.284 e. The topological polar surface area (TPSA) is 63.6 Å². The Bertz CT molecular complexity index is 495. The van der Waals surface area contributed by atoms with Crippen molar-refractivity contribution in [2.75, 3.05) is 6.61 Å². The molecular weight excluding hydrogens is 232 g/mol. The van der Waals surface area contributed by atoms with Crippen molar-refractivity contribution >= 4 is 5.84 Å². The van der Waals surface area contributed by atoms with Gasteiger partial charge in [-0.05, 0) is 19.4 Å². The van der Waals surface area contributed by atoms with Crippen molar-refractivity contribution in [1.29, 1.82) is 5.41 Å². The van der Waals surface area contributed by atoms with Crippen molar-refractivity contribution < 1.29 is 14.2 Å².